The SMILES string of the molecule is Cc1ccc(C)c(N=CN2CCC(c3nc(C4=CC(c5ccccc5)ON4)cs3)CC2)c1. The molecule has 1 unspecified atom stereocenters. The third kappa shape index (κ3) is 4.61. The summed E-state index contributed by atoms with van der Waals surface area (Å²) in [6.07, 6.45) is 6.25. The van der Waals surface area contributed by atoms with Crippen LogP contribution >= 0.6 is 11.3 Å². The van der Waals surface area contributed by atoms with E-state index in [9.17, 15) is 0 Å². The molecule has 2 aliphatic heterocycles. The van der Waals surface area contributed by atoms with E-state index in [1.807, 2.05) is 24.5 Å². The summed E-state index contributed by atoms with van der Waals surface area (Å²) in [5, 5.41) is 3.36. The molecular formula is C26H28N4OS. The molecule has 2 aliphatic rings. The number of rotatable bonds is 5. The molecule has 164 valence electrons. The fourth-order valence-corrected chi connectivity index (χ4v) is 5.15. The Bertz CT molecular complexity index is 1130. The standard InChI is InChI=1S/C26H28N4OS/c1-18-8-9-19(2)22(14-18)27-17-30-12-10-21(11-13-30)26-28-24(16-32-26)23-15-25(31-29-23)20-6-4-3-5-7-20/h3-9,14-17,21,25,29H,10-13H2,1-2H3. The van der Waals surface area contributed by atoms with Crippen molar-refractivity contribution >= 4 is 29.1 Å². The number of likely N-dealkylation sites (tertiary alicyclic amines) is 1. The summed E-state index contributed by atoms with van der Waals surface area (Å²) in [6.45, 7) is 6.24. The number of nitrogens with zero attached hydrogens (tertiary/aromatic N) is 3. The van der Waals surface area contributed by atoms with Gasteiger partial charge in [0.2, 0.25) is 0 Å². The molecule has 32 heavy (non-hydrogen) atoms. The average Bonchev–Trinajstić information content (AvgIpc) is 3.51. The minimum atomic E-state index is -0.0732. The molecule has 2 aromatic carbocycles. The van der Waals surface area contributed by atoms with Gasteiger partial charge in [-0.05, 0) is 55.5 Å². The van der Waals surface area contributed by atoms with E-state index in [-0.39, 0.29) is 6.10 Å². The Morgan fingerprint density at radius 2 is 1.94 bits per heavy atom. The highest BCUT2D eigenvalue weighted by atomic mass is 32.1. The van der Waals surface area contributed by atoms with Gasteiger partial charge in [0.1, 0.15) is 6.10 Å². The van der Waals surface area contributed by atoms with Crippen molar-refractivity contribution < 1.29 is 4.84 Å². The zero-order chi connectivity index (χ0) is 21.9. The normalized spacial score (nSPS) is 19.4. The maximum atomic E-state index is 5.75. The van der Waals surface area contributed by atoms with Crippen LogP contribution in [0.25, 0.3) is 5.70 Å². The molecule has 0 saturated carbocycles. The number of thiazole rings is 1. The second-order valence-electron chi connectivity index (χ2n) is 8.55. The van der Waals surface area contributed by atoms with Crippen molar-refractivity contribution in [2.24, 2.45) is 4.99 Å². The van der Waals surface area contributed by atoms with Crippen LogP contribution in [-0.4, -0.2) is 29.3 Å². The van der Waals surface area contributed by atoms with Gasteiger partial charge >= 0.3 is 0 Å². The number of hydroxylamine groups is 1. The van der Waals surface area contributed by atoms with Crippen molar-refractivity contribution in [1.82, 2.24) is 15.4 Å². The van der Waals surface area contributed by atoms with E-state index >= 15 is 0 Å². The van der Waals surface area contributed by atoms with Crippen LogP contribution in [0.4, 0.5) is 5.69 Å². The minimum absolute atomic E-state index is 0.0732. The molecule has 1 atom stereocenters. The van der Waals surface area contributed by atoms with Crippen molar-refractivity contribution in [2.45, 2.75) is 38.7 Å². The van der Waals surface area contributed by atoms with Crippen molar-refractivity contribution in [3.05, 3.63) is 87.4 Å². The topological polar surface area (TPSA) is 49.8 Å². The molecule has 5 rings (SSSR count). The lowest BCUT2D eigenvalue weighted by Gasteiger charge is -2.29. The van der Waals surface area contributed by atoms with Crippen molar-refractivity contribution in [2.75, 3.05) is 13.1 Å². The van der Waals surface area contributed by atoms with Crippen LogP contribution in [0, 0.1) is 13.8 Å². The van der Waals surface area contributed by atoms with Crippen LogP contribution in [0.15, 0.2) is 65.0 Å². The quantitative estimate of drug-likeness (QED) is 0.392. The van der Waals surface area contributed by atoms with Gasteiger partial charge in [-0.2, -0.15) is 0 Å². The van der Waals surface area contributed by atoms with Crippen LogP contribution in [0.3, 0.4) is 0 Å². The Labute approximate surface area is 193 Å². The first kappa shape index (κ1) is 20.9. The molecule has 0 aliphatic carbocycles. The predicted octanol–water partition coefficient (Wildman–Crippen LogP) is 5.92. The number of aliphatic imine (C=N–C) groups is 1. The van der Waals surface area contributed by atoms with Crippen molar-refractivity contribution in [1.29, 1.82) is 0 Å². The average molecular weight is 445 g/mol. The molecule has 0 bridgehead atoms. The lowest BCUT2D eigenvalue weighted by Crippen LogP contribution is -2.31. The van der Waals surface area contributed by atoms with Gasteiger partial charge in [0, 0.05) is 24.4 Å². The lowest BCUT2D eigenvalue weighted by atomic mass is 9.98. The van der Waals surface area contributed by atoms with E-state index in [1.165, 1.54) is 16.1 Å². The van der Waals surface area contributed by atoms with Gasteiger partial charge in [0.15, 0.2) is 0 Å². The number of hydrogen-bond acceptors (Lipinski definition) is 5. The molecule has 0 amide bonds. The van der Waals surface area contributed by atoms with Gasteiger partial charge in [-0.15, -0.1) is 11.3 Å². The van der Waals surface area contributed by atoms with E-state index in [4.69, 9.17) is 14.8 Å². The summed E-state index contributed by atoms with van der Waals surface area (Å²) < 4.78 is 0. The maximum absolute atomic E-state index is 5.75. The van der Waals surface area contributed by atoms with Gasteiger partial charge in [-0.3, -0.25) is 10.3 Å². The fourth-order valence-electron chi connectivity index (χ4n) is 4.15. The highest BCUT2D eigenvalue weighted by Crippen LogP contribution is 2.34. The van der Waals surface area contributed by atoms with E-state index in [0.717, 1.165) is 48.6 Å². The van der Waals surface area contributed by atoms with Crippen molar-refractivity contribution in [3.8, 4) is 0 Å². The molecule has 3 heterocycles. The molecule has 5 nitrogen and oxygen atoms in total. The Kier molecular flexibility index (Phi) is 6.06. The van der Waals surface area contributed by atoms with E-state index < -0.39 is 0 Å². The summed E-state index contributed by atoms with van der Waals surface area (Å²) in [4.78, 5) is 17.8. The summed E-state index contributed by atoms with van der Waals surface area (Å²) in [5.74, 6) is 0.506. The van der Waals surface area contributed by atoms with Crippen LogP contribution in [0.2, 0.25) is 0 Å². The molecule has 1 aromatic heterocycles. The Morgan fingerprint density at radius 3 is 2.75 bits per heavy atom. The molecular weight excluding hydrogens is 416 g/mol. The summed E-state index contributed by atoms with van der Waals surface area (Å²) in [6, 6.07) is 16.7. The molecule has 0 radical (unpaired) electrons. The third-order valence-electron chi connectivity index (χ3n) is 6.14. The molecule has 3 aromatic rings. The van der Waals surface area contributed by atoms with E-state index in [0.29, 0.717) is 5.92 Å². The third-order valence-corrected chi connectivity index (χ3v) is 7.15. The number of piperidine rings is 1. The van der Waals surface area contributed by atoms with E-state index in [1.54, 1.807) is 11.3 Å². The summed E-state index contributed by atoms with van der Waals surface area (Å²) >= 11 is 1.76. The number of hydrogen-bond donors (Lipinski definition) is 1. The lowest BCUT2D eigenvalue weighted by molar-refractivity contribution is 0.0510. The summed E-state index contributed by atoms with van der Waals surface area (Å²) in [5.41, 5.74) is 9.65. The Balaban J connectivity index is 1.19. The van der Waals surface area contributed by atoms with Crippen molar-refractivity contribution in [3.63, 3.8) is 0 Å². The predicted molar refractivity (Wildman–Crippen MR) is 131 cm³/mol. The van der Waals surface area contributed by atoms with Gasteiger partial charge in [-0.1, -0.05) is 42.5 Å². The molecule has 1 N–H and O–H groups in total. The first-order valence-electron chi connectivity index (χ1n) is 11.2. The van der Waals surface area contributed by atoms with Gasteiger partial charge in [0.25, 0.3) is 0 Å². The second-order valence-corrected chi connectivity index (χ2v) is 9.44. The highest BCUT2D eigenvalue weighted by molar-refractivity contribution is 7.09. The molecule has 1 fully saturated rings. The van der Waals surface area contributed by atoms with Crippen LogP contribution < -0.4 is 5.48 Å². The number of aromatic nitrogens is 1. The van der Waals surface area contributed by atoms with Crippen LogP contribution in [0.1, 0.15) is 52.3 Å². The first-order chi connectivity index (χ1) is 15.7. The Hall–Kier alpha value is -2.96. The number of benzene rings is 2. The van der Waals surface area contributed by atoms with Crippen LogP contribution in [0.5, 0.6) is 0 Å². The minimum Gasteiger partial charge on any atom is -0.363 e. The zero-order valence-electron chi connectivity index (χ0n) is 18.5. The van der Waals surface area contributed by atoms with Gasteiger partial charge < -0.3 is 4.90 Å². The fraction of sp³-hybridized carbons (Fsp3) is 0.308. The first-order valence-corrected chi connectivity index (χ1v) is 12.0. The monoisotopic (exact) mass is 444 g/mol. The number of nitrogens with one attached hydrogen (secondary N) is 1. The van der Waals surface area contributed by atoms with Gasteiger partial charge in [0.05, 0.1) is 28.4 Å². The number of aryl methyl sites for hydroxylation is 2. The smallest absolute Gasteiger partial charge is 0.131 e. The van der Waals surface area contributed by atoms with E-state index in [2.05, 4.69) is 66.0 Å². The summed E-state index contributed by atoms with van der Waals surface area (Å²) in [7, 11) is 0. The largest absolute Gasteiger partial charge is 0.363 e. The zero-order valence-corrected chi connectivity index (χ0v) is 19.3. The Morgan fingerprint density at radius 1 is 1.12 bits per heavy atom. The highest BCUT2D eigenvalue weighted by Gasteiger charge is 2.25. The van der Waals surface area contributed by atoms with Crippen LogP contribution in [-0.2, 0) is 4.84 Å². The maximum Gasteiger partial charge on any atom is 0.131 e. The molecule has 6 heteroatoms. The second kappa shape index (κ2) is 9.27. The molecule has 1 saturated heterocycles. The molecule has 0 spiro atoms. The van der Waals surface area contributed by atoms with Gasteiger partial charge in [-0.25, -0.2) is 9.98 Å².